The Morgan fingerprint density at radius 1 is 1.15 bits per heavy atom. The summed E-state index contributed by atoms with van der Waals surface area (Å²) in [5.41, 5.74) is -4.56. The molecule has 1 atom stereocenters. The molecule has 0 saturated carbocycles. The lowest BCUT2D eigenvalue weighted by molar-refractivity contribution is -0.111. The van der Waals surface area contributed by atoms with E-state index in [9.17, 15) is 14.2 Å². The van der Waals surface area contributed by atoms with Gasteiger partial charge in [0.1, 0.15) is 5.75 Å². The van der Waals surface area contributed by atoms with Gasteiger partial charge in [-0.1, -0.05) is 43.0 Å². The van der Waals surface area contributed by atoms with Crippen molar-refractivity contribution in [2.45, 2.75) is 25.4 Å². The van der Waals surface area contributed by atoms with Crippen molar-refractivity contribution in [2.75, 3.05) is 19.4 Å². The van der Waals surface area contributed by atoms with E-state index >= 15 is 8.78 Å². The Hall–Kier alpha value is -2.26. The highest BCUT2D eigenvalue weighted by atomic mass is 32.2. The summed E-state index contributed by atoms with van der Waals surface area (Å²) in [6.45, 7) is 1.50. The molecular weight excluding hydrogens is 503 g/mol. The van der Waals surface area contributed by atoms with Crippen molar-refractivity contribution in [2.24, 2.45) is 0 Å². The molecule has 0 fully saturated rings. The molecule has 1 amide bonds. The average Bonchev–Trinajstić information content (AvgIpc) is 3.25. The fourth-order valence-electron chi connectivity index (χ4n) is 3.00. The first-order chi connectivity index (χ1) is 16.2. The number of halogens is 2. The van der Waals surface area contributed by atoms with Crippen molar-refractivity contribution in [3.05, 3.63) is 65.0 Å². The van der Waals surface area contributed by atoms with Crippen LogP contribution in [0.25, 0.3) is 10.1 Å². The minimum absolute atomic E-state index is 0.0289. The molecule has 1 heterocycles. The number of fused-ring (bicyclic) bond motifs is 1. The number of thioether (sulfide) groups is 1. The first-order valence-corrected chi connectivity index (χ1v) is 13.8. The smallest absolute Gasteiger partial charge is 0.420 e. The van der Waals surface area contributed by atoms with E-state index in [1.54, 1.807) is 18.2 Å². The molecule has 3 rings (SSSR count). The maximum atomic E-state index is 15.7. The monoisotopic (exact) mass is 527 g/mol. The highest BCUT2D eigenvalue weighted by Crippen LogP contribution is 2.66. The Bertz CT molecular complexity index is 1200. The quantitative estimate of drug-likeness (QED) is 0.222. The maximum absolute atomic E-state index is 15.7. The van der Waals surface area contributed by atoms with Crippen LogP contribution in [0, 0.1) is 0 Å². The molecule has 0 aliphatic heterocycles. The zero-order chi connectivity index (χ0) is 24.8. The number of rotatable bonds is 11. The molecule has 1 unspecified atom stereocenters. The van der Waals surface area contributed by atoms with E-state index in [1.165, 1.54) is 37.4 Å². The van der Waals surface area contributed by atoms with Crippen molar-refractivity contribution in [1.29, 1.82) is 0 Å². The van der Waals surface area contributed by atoms with Gasteiger partial charge in [0.2, 0.25) is 0 Å². The van der Waals surface area contributed by atoms with E-state index in [1.807, 2.05) is 6.92 Å². The van der Waals surface area contributed by atoms with Crippen LogP contribution in [0.4, 0.5) is 8.78 Å². The fraction of sp³-hybridized carbons (Fsp3) is 0.304. The second-order valence-corrected chi connectivity index (χ2v) is 11.4. The zero-order valence-corrected chi connectivity index (χ0v) is 21.1. The minimum Gasteiger partial charge on any atom is -0.420 e. The average molecular weight is 528 g/mol. The predicted octanol–water partition coefficient (Wildman–Crippen LogP) is 6.66. The molecule has 6 nitrogen and oxygen atoms in total. The summed E-state index contributed by atoms with van der Waals surface area (Å²) in [6, 6.07) is 12.9. The van der Waals surface area contributed by atoms with Gasteiger partial charge < -0.3 is 9.84 Å². The third kappa shape index (κ3) is 6.05. The Morgan fingerprint density at radius 2 is 1.88 bits per heavy atom. The van der Waals surface area contributed by atoms with E-state index in [-0.39, 0.29) is 29.1 Å². The van der Waals surface area contributed by atoms with E-state index < -0.39 is 18.8 Å². The molecule has 0 saturated heterocycles. The number of nitrogens with one attached hydrogen (secondary N) is 1. The van der Waals surface area contributed by atoms with Crippen LogP contribution >= 0.6 is 30.7 Å². The molecule has 11 heteroatoms. The second kappa shape index (κ2) is 11.4. The van der Waals surface area contributed by atoms with Gasteiger partial charge in [0.15, 0.2) is 5.12 Å². The molecule has 1 aromatic heterocycles. The SMILES string of the molecule is CCCC(=O)SCCOP(=O)(Oc1ccccc1)C(F)(F)c1ccc2sc(C(=O)NC)cc2c1. The molecule has 0 aliphatic rings. The van der Waals surface area contributed by atoms with Crippen LogP contribution < -0.4 is 9.84 Å². The van der Waals surface area contributed by atoms with Crippen LogP contribution in [0.5, 0.6) is 5.75 Å². The summed E-state index contributed by atoms with van der Waals surface area (Å²) in [5.74, 6) is -0.291. The van der Waals surface area contributed by atoms with E-state index in [0.717, 1.165) is 29.2 Å². The van der Waals surface area contributed by atoms with Crippen LogP contribution in [-0.2, 0) is 19.5 Å². The van der Waals surface area contributed by atoms with Crippen LogP contribution in [0.1, 0.15) is 35.0 Å². The highest BCUT2D eigenvalue weighted by molar-refractivity contribution is 8.13. The van der Waals surface area contributed by atoms with Gasteiger partial charge in [-0.25, -0.2) is 4.57 Å². The Morgan fingerprint density at radius 3 is 2.56 bits per heavy atom. The molecule has 0 bridgehead atoms. The largest absolute Gasteiger partial charge is 0.453 e. The molecule has 182 valence electrons. The molecule has 2 aromatic carbocycles. The van der Waals surface area contributed by atoms with Gasteiger partial charge in [-0.2, -0.15) is 8.78 Å². The lowest BCUT2D eigenvalue weighted by Gasteiger charge is -2.27. The molecule has 3 aromatic rings. The first-order valence-electron chi connectivity index (χ1n) is 10.5. The summed E-state index contributed by atoms with van der Waals surface area (Å²) in [6.07, 6.45) is 1.03. The van der Waals surface area contributed by atoms with Gasteiger partial charge in [-0.15, -0.1) is 11.3 Å². The van der Waals surface area contributed by atoms with Crippen molar-refractivity contribution in [1.82, 2.24) is 5.32 Å². The summed E-state index contributed by atoms with van der Waals surface area (Å²) < 4.78 is 56.0. The van der Waals surface area contributed by atoms with Crippen LogP contribution in [-0.4, -0.2) is 30.4 Å². The number of para-hydroxylation sites is 1. The van der Waals surface area contributed by atoms with Gasteiger partial charge in [-0.3, -0.25) is 14.1 Å². The molecule has 1 N–H and O–H groups in total. The van der Waals surface area contributed by atoms with Gasteiger partial charge in [0, 0.05) is 29.5 Å². The number of carbonyl (C=O) groups is 2. The molecule has 34 heavy (non-hydrogen) atoms. The summed E-state index contributed by atoms with van der Waals surface area (Å²) in [4.78, 5) is 24.0. The molecular formula is C23H24F2NO5PS2. The fourth-order valence-corrected chi connectivity index (χ4v) is 6.37. The van der Waals surface area contributed by atoms with Crippen LogP contribution in [0.15, 0.2) is 54.6 Å². The first kappa shape index (κ1) is 26.3. The predicted molar refractivity (Wildman–Crippen MR) is 132 cm³/mol. The lowest BCUT2D eigenvalue weighted by Crippen LogP contribution is -2.20. The van der Waals surface area contributed by atoms with E-state index in [2.05, 4.69) is 5.32 Å². The zero-order valence-electron chi connectivity index (χ0n) is 18.6. The third-order valence-corrected chi connectivity index (χ3v) is 8.62. The normalized spacial score (nSPS) is 13.4. The summed E-state index contributed by atoms with van der Waals surface area (Å²) in [5, 5.41) is 2.81. The molecule has 0 radical (unpaired) electrons. The Kier molecular flexibility index (Phi) is 8.87. The Labute approximate surface area is 204 Å². The van der Waals surface area contributed by atoms with E-state index in [0.29, 0.717) is 27.8 Å². The van der Waals surface area contributed by atoms with Crippen molar-refractivity contribution in [3.8, 4) is 5.75 Å². The van der Waals surface area contributed by atoms with Gasteiger partial charge >= 0.3 is 13.3 Å². The number of hydrogen-bond acceptors (Lipinski definition) is 7. The van der Waals surface area contributed by atoms with Crippen molar-refractivity contribution >= 4 is 51.8 Å². The van der Waals surface area contributed by atoms with E-state index in [4.69, 9.17) is 9.05 Å². The number of benzene rings is 2. The maximum Gasteiger partial charge on any atom is 0.453 e. The summed E-state index contributed by atoms with van der Waals surface area (Å²) >= 11 is 2.10. The molecule has 0 spiro atoms. The van der Waals surface area contributed by atoms with Crippen LogP contribution in [0.3, 0.4) is 0 Å². The lowest BCUT2D eigenvalue weighted by atomic mass is 10.1. The number of carbonyl (C=O) groups excluding carboxylic acids is 2. The van der Waals surface area contributed by atoms with Gasteiger partial charge in [0.05, 0.1) is 11.5 Å². The number of alkyl halides is 2. The third-order valence-electron chi connectivity index (χ3n) is 4.69. The highest BCUT2D eigenvalue weighted by Gasteiger charge is 2.56. The van der Waals surface area contributed by atoms with Gasteiger partial charge in [0.25, 0.3) is 5.91 Å². The van der Waals surface area contributed by atoms with Gasteiger partial charge in [-0.05, 0) is 42.1 Å². The van der Waals surface area contributed by atoms with Crippen LogP contribution in [0.2, 0.25) is 0 Å². The topological polar surface area (TPSA) is 81.7 Å². The molecule has 0 aliphatic carbocycles. The second-order valence-electron chi connectivity index (χ2n) is 7.19. The minimum atomic E-state index is -5.07. The van der Waals surface area contributed by atoms with Crippen molar-refractivity contribution in [3.63, 3.8) is 0 Å². The summed E-state index contributed by atoms with van der Waals surface area (Å²) in [7, 11) is -3.59. The standard InChI is InChI=1S/C23H24F2NO5PS2/c1-3-7-21(27)33-13-12-30-32(29,31-18-8-5-4-6-9-18)23(24,25)17-10-11-19-16(14-17)15-20(34-19)22(28)26-2/h4-6,8-11,14-15H,3,7,12-13H2,1-2H3,(H,26,28). The number of amides is 1. The number of thiophene rings is 1. The number of hydrogen-bond donors (Lipinski definition) is 1. The Balaban J connectivity index is 1.90. The van der Waals surface area contributed by atoms with Crippen molar-refractivity contribution < 1.29 is 32.0 Å².